The Morgan fingerprint density at radius 2 is 1.75 bits per heavy atom. The average molecular weight is 509 g/mol. The predicted molar refractivity (Wildman–Crippen MR) is 136 cm³/mol. The van der Waals surface area contributed by atoms with Crippen LogP contribution in [0, 0.1) is 5.82 Å². The molecule has 0 saturated carbocycles. The van der Waals surface area contributed by atoms with Crippen LogP contribution < -0.4 is 19.5 Å². The molecule has 0 aliphatic rings. The zero-order chi connectivity index (χ0) is 25.5. The van der Waals surface area contributed by atoms with Gasteiger partial charge < -0.3 is 19.5 Å². The number of hydrogen-bond acceptors (Lipinski definition) is 7. The highest BCUT2D eigenvalue weighted by molar-refractivity contribution is 7.99. The summed E-state index contributed by atoms with van der Waals surface area (Å²) in [4.78, 5) is 12.7. The molecule has 1 unspecified atom stereocenters. The van der Waals surface area contributed by atoms with E-state index in [2.05, 4.69) is 15.5 Å². The molecule has 8 nitrogen and oxygen atoms in total. The number of nitrogens with one attached hydrogen (secondary N) is 1. The van der Waals surface area contributed by atoms with E-state index in [4.69, 9.17) is 14.2 Å². The third-order valence-electron chi connectivity index (χ3n) is 5.19. The van der Waals surface area contributed by atoms with Crippen LogP contribution >= 0.6 is 11.8 Å². The number of amides is 1. The molecule has 10 heteroatoms. The smallest absolute Gasteiger partial charge is 0.234 e. The number of methoxy groups -OCH3 is 2. The van der Waals surface area contributed by atoms with E-state index in [0.717, 1.165) is 5.69 Å². The molecule has 0 aliphatic carbocycles. The van der Waals surface area contributed by atoms with Crippen LogP contribution in [-0.2, 0) is 4.79 Å². The van der Waals surface area contributed by atoms with Gasteiger partial charge in [0.1, 0.15) is 11.5 Å². The molecule has 4 rings (SSSR count). The second kappa shape index (κ2) is 11.6. The fourth-order valence-corrected chi connectivity index (χ4v) is 4.22. The number of thioether (sulfide) groups is 1. The summed E-state index contributed by atoms with van der Waals surface area (Å²) in [6.07, 6.45) is -0.610. The molecule has 1 atom stereocenters. The molecular formula is C26H25FN4O4S. The van der Waals surface area contributed by atoms with Gasteiger partial charge in [-0.25, -0.2) is 4.39 Å². The first-order chi connectivity index (χ1) is 17.5. The summed E-state index contributed by atoms with van der Waals surface area (Å²) in [5.41, 5.74) is 1.32. The number of hydrogen-bond donors (Lipinski definition) is 1. The monoisotopic (exact) mass is 508 g/mol. The Morgan fingerprint density at radius 3 is 2.47 bits per heavy atom. The van der Waals surface area contributed by atoms with E-state index in [-0.39, 0.29) is 17.4 Å². The summed E-state index contributed by atoms with van der Waals surface area (Å²) in [7, 11) is 3.08. The number of benzene rings is 3. The summed E-state index contributed by atoms with van der Waals surface area (Å²) in [5, 5.41) is 11.9. The zero-order valence-corrected chi connectivity index (χ0v) is 20.8. The van der Waals surface area contributed by atoms with E-state index >= 15 is 0 Å². The maximum atomic E-state index is 14.1. The van der Waals surface area contributed by atoms with Crippen LogP contribution in [0.1, 0.15) is 18.9 Å². The van der Waals surface area contributed by atoms with Crippen LogP contribution in [0.2, 0.25) is 0 Å². The second-order valence-corrected chi connectivity index (χ2v) is 8.55. The first-order valence-electron chi connectivity index (χ1n) is 11.1. The van der Waals surface area contributed by atoms with Crippen LogP contribution in [0.5, 0.6) is 17.2 Å². The molecule has 1 amide bonds. The van der Waals surface area contributed by atoms with Crippen molar-refractivity contribution < 1.29 is 23.4 Å². The number of rotatable bonds is 10. The van der Waals surface area contributed by atoms with Crippen molar-refractivity contribution in [3.8, 4) is 22.9 Å². The number of halogens is 1. The Hall–Kier alpha value is -4.05. The molecule has 186 valence electrons. The fourth-order valence-electron chi connectivity index (χ4n) is 3.46. The molecule has 3 aromatic carbocycles. The van der Waals surface area contributed by atoms with Gasteiger partial charge in [-0.15, -0.1) is 10.2 Å². The number of nitrogens with zero attached hydrogens (tertiary/aromatic N) is 3. The lowest BCUT2D eigenvalue weighted by molar-refractivity contribution is -0.113. The lowest BCUT2D eigenvalue weighted by Gasteiger charge is -2.17. The van der Waals surface area contributed by atoms with Crippen LogP contribution in [0.25, 0.3) is 5.69 Å². The Labute approximate surface area is 212 Å². The summed E-state index contributed by atoms with van der Waals surface area (Å²) < 4.78 is 32.3. The number of para-hydroxylation sites is 2. The average Bonchev–Trinajstić information content (AvgIpc) is 3.33. The molecule has 0 fully saturated rings. The predicted octanol–water partition coefficient (Wildman–Crippen LogP) is 5.29. The number of aromatic nitrogens is 3. The maximum Gasteiger partial charge on any atom is 0.234 e. The van der Waals surface area contributed by atoms with E-state index in [1.165, 1.54) is 24.9 Å². The van der Waals surface area contributed by atoms with Crippen molar-refractivity contribution in [3.05, 3.63) is 84.4 Å². The van der Waals surface area contributed by atoms with Gasteiger partial charge in [0, 0.05) is 11.8 Å². The maximum absolute atomic E-state index is 14.1. The standard InChI is InChI=1S/C26H25FN4O4S/c1-17(35-22-12-8-7-11-20(22)27)25-29-30-26(31(25)18-9-5-4-6-10-18)36-16-24(32)28-21-14-13-19(33-2)15-23(21)34-3/h4-15,17H,16H2,1-3H3,(H,28,32). The number of anilines is 1. The Balaban J connectivity index is 1.53. The minimum atomic E-state index is -0.610. The third kappa shape index (κ3) is 5.77. The minimum absolute atomic E-state index is 0.0721. The Kier molecular flexibility index (Phi) is 8.06. The van der Waals surface area contributed by atoms with Crippen LogP contribution in [0.15, 0.2) is 78.0 Å². The van der Waals surface area contributed by atoms with E-state index in [9.17, 15) is 9.18 Å². The normalized spacial score (nSPS) is 11.6. The fraction of sp³-hybridized carbons (Fsp3) is 0.192. The largest absolute Gasteiger partial charge is 0.497 e. The highest BCUT2D eigenvalue weighted by Crippen LogP contribution is 2.31. The van der Waals surface area contributed by atoms with Crippen LogP contribution in [0.4, 0.5) is 10.1 Å². The van der Waals surface area contributed by atoms with Crippen molar-refractivity contribution in [1.82, 2.24) is 14.8 Å². The highest BCUT2D eigenvalue weighted by Gasteiger charge is 2.22. The summed E-state index contributed by atoms with van der Waals surface area (Å²) in [5.74, 6) is 1.07. The van der Waals surface area contributed by atoms with Gasteiger partial charge in [0.05, 0.1) is 25.7 Å². The zero-order valence-electron chi connectivity index (χ0n) is 20.0. The SMILES string of the molecule is COc1ccc(NC(=O)CSc2nnc(C(C)Oc3ccccc3F)n2-c2ccccc2)c(OC)c1. The topological polar surface area (TPSA) is 87.5 Å². The van der Waals surface area contributed by atoms with Crippen molar-refractivity contribution in [1.29, 1.82) is 0 Å². The van der Waals surface area contributed by atoms with Gasteiger partial charge in [-0.2, -0.15) is 0 Å². The van der Waals surface area contributed by atoms with Crippen molar-refractivity contribution >= 4 is 23.4 Å². The van der Waals surface area contributed by atoms with Gasteiger partial charge in [-0.05, 0) is 43.3 Å². The van der Waals surface area contributed by atoms with Gasteiger partial charge in [-0.3, -0.25) is 9.36 Å². The number of ether oxygens (including phenoxy) is 3. The van der Waals surface area contributed by atoms with Gasteiger partial charge in [0.15, 0.2) is 28.7 Å². The molecule has 0 saturated heterocycles. The van der Waals surface area contributed by atoms with E-state index < -0.39 is 11.9 Å². The number of carbonyl (C=O) groups is 1. The van der Waals surface area contributed by atoms with Crippen LogP contribution in [-0.4, -0.2) is 40.6 Å². The Bertz CT molecular complexity index is 1330. The lowest BCUT2D eigenvalue weighted by atomic mass is 10.2. The molecule has 0 radical (unpaired) electrons. The molecule has 0 aliphatic heterocycles. The first kappa shape index (κ1) is 25.1. The Morgan fingerprint density at radius 1 is 1.00 bits per heavy atom. The molecule has 0 bridgehead atoms. The number of carbonyl (C=O) groups excluding carboxylic acids is 1. The third-order valence-corrected chi connectivity index (χ3v) is 6.12. The van der Waals surface area contributed by atoms with Gasteiger partial charge in [0.25, 0.3) is 0 Å². The van der Waals surface area contributed by atoms with Crippen molar-refractivity contribution in [2.45, 2.75) is 18.2 Å². The van der Waals surface area contributed by atoms with Crippen LogP contribution in [0.3, 0.4) is 0 Å². The van der Waals surface area contributed by atoms with Gasteiger partial charge >= 0.3 is 0 Å². The molecule has 1 heterocycles. The summed E-state index contributed by atoms with van der Waals surface area (Å²) in [6, 6.07) is 20.8. The summed E-state index contributed by atoms with van der Waals surface area (Å²) in [6.45, 7) is 1.77. The highest BCUT2D eigenvalue weighted by atomic mass is 32.2. The molecule has 4 aromatic rings. The van der Waals surface area contributed by atoms with E-state index in [0.29, 0.717) is 28.2 Å². The molecule has 1 aromatic heterocycles. The minimum Gasteiger partial charge on any atom is -0.497 e. The molecular weight excluding hydrogens is 483 g/mol. The molecule has 0 spiro atoms. The second-order valence-electron chi connectivity index (χ2n) is 7.61. The van der Waals surface area contributed by atoms with Crippen molar-refractivity contribution in [2.24, 2.45) is 0 Å². The first-order valence-corrected chi connectivity index (χ1v) is 12.0. The van der Waals surface area contributed by atoms with E-state index in [1.54, 1.807) is 55.0 Å². The lowest BCUT2D eigenvalue weighted by Crippen LogP contribution is -2.16. The van der Waals surface area contributed by atoms with Gasteiger partial charge in [-0.1, -0.05) is 42.1 Å². The van der Waals surface area contributed by atoms with Crippen molar-refractivity contribution in [2.75, 3.05) is 25.3 Å². The molecule has 1 N–H and O–H groups in total. The van der Waals surface area contributed by atoms with E-state index in [1.807, 2.05) is 30.3 Å². The van der Waals surface area contributed by atoms with Gasteiger partial charge in [0.2, 0.25) is 5.91 Å². The quantitative estimate of drug-likeness (QED) is 0.291. The summed E-state index contributed by atoms with van der Waals surface area (Å²) >= 11 is 1.22. The molecule has 36 heavy (non-hydrogen) atoms. The van der Waals surface area contributed by atoms with Crippen molar-refractivity contribution in [3.63, 3.8) is 0 Å².